The van der Waals surface area contributed by atoms with Crippen molar-refractivity contribution in [2.75, 3.05) is 38.0 Å². The van der Waals surface area contributed by atoms with Crippen molar-refractivity contribution in [1.82, 2.24) is 4.98 Å². The molecular weight excluding hydrogens is 464 g/mol. The fraction of sp³-hybridized carbons (Fsp3) is 0.118. The summed E-state index contributed by atoms with van der Waals surface area (Å²) < 4.78 is 0. The van der Waals surface area contributed by atoms with E-state index in [9.17, 15) is 5.26 Å². The van der Waals surface area contributed by atoms with Gasteiger partial charge in [0.25, 0.3) is 0 Å². The van der Waals surface area contributed by atoms with Gasteiger partial charge in [-0.1, -0.05) is 72.9 Å². The van der Waals surface area contributed by atoms with Crippen molar-refractivity contribution in [1.29, 1.82) is 5.26 Å². The van der Waals surface area contributed by atoms with Gasteiger partial charge < -0.3 is 9.80 Å². The first-order valence-electron chi connectivity index (χ1n) is 12.5. The minimum absolute atomic E-state index is 0.615. The van der Waals surface area contributed by atoms with Crippen LogP contribution in [0.4, 0.5) is 11.4 Å². The van der Waals surface area contributed by atoms with E-state index >= 15 is 0 Å². The second-order valence-corrected chi connectivity index (χ2v) is 9.39. The first-order valence-corrected chi connectivity index (χ1v) is 12.5. The number of anilines is 2. The third-order valence-electron chi connectivity index (χ3n) is 6.15. The van der Waals surface area contributed by atoms with E-state index in [1.165, 1.54) is 11.4 Å². The average molecular weight is 497 g/mol. The van der Waals surface area contributed by atoms with Crippen LogP contribution < -0.4 is 9.80 Å². The molecular formula is C34H32N4. The molecule has 188 valence electrons. The molecule has 0 amide bonds. The molecule has 38 heavy (non-hydrogen) atoms. The summed E-state index contributed by atoms with van der Waals surface area (Å²) in [6.45, 7) is 0. The van der Waals surface area contributed by atoms with Crippen molar-refractivity contribution in [3.63, 3.8) is 0 Å². The first-order chi connectivity index (χ1) is 18.4. The van der Waals surface area contributed by atoms with Gasteiger partial charge in [-0.3, -0.25) is 0 Å². The van der Waals surface area contributed by atoms with Gasteiger partial charge >= 0.3 is 0 Å². The SMILES string of the molecule is CN(C)c1ccc(C=CC=Cc2ccc3nc(C=CC=Cc4ccc(N(C)C)cc4)cc(C#N)c3c2)cc1. The number of rotatable bonds is 8. The average Bonchev–Trinajstić information content (AvgIpc) is 2.93. The van der Waals surface area contributed by atoms with E-state index in [2.05, 4.69) is 70.5 Å². The standard InChI is InChI=1S/C34H32N4/c1-37(2)31-18-13-26(14-19-31)9-5-6-11-28-17-22-34-33(23-28)29(25-35)24-30(36-34)12-8-7-10-27-15-20-32(21-16-27)38(3)4/h5-24H,1-4H3. The Labute approximate surface area is 225 Å². The Morgan fingerprint density at radius 2 is 1.08 bits per heavy atom. The minimum Gasteiger partial charge on any atom is -0.378 e. The van der Waals surface area contributed by atoms with E-state index in [1.807, 2.05) is 95.0 Å². The maximum atomic E-state index is 9.78. The third kappa shape index (κ3) is 6.87. The van der Waals surface area contributed by atoms with Crippen LogP contribution in [0.5, 0.6) is 0 Å². The summed E-state index contributed by atoms with van der Waals surface area (Å²) in [6.07, 6.45) is 16.1. The highest BCUT2D eigenvalue weighted by molar-refractivity contribution is 5.88. The van der Waals surface area contributed by atoms with E-state index in [0.717, 1.165) is 33.3 Å². The number of fused-ring (bicyclic) bond motifs is 1. The van der Waals surface area contributed by atoms with Gasteiger partial charge in [0.2, 0.25) is 0 Å². The predicted molar refractivity (Wildman–Crippen MR) is 164 cm³/mol. The van der Waals surface area contributed by atoms with E-state index in [0.29, 0.717) is 5.56 Å². The lowest BCUT2D eigenvalue weighted by molar-refractivity contribution is 1.13. The van der Waals surface area contributed by atoms with E-state index < -0.39 is 0 Å². The lowest BCUT2D eigenvalue weighted by Crippen LogP contribution is -2.07. The molecule has 1 heterocycles. The number of nitriles is 1. The van der Waals surface area contributed by atoms with Gasteiger partial charge in [0.05, 0.1) is 22.8 Å². The number of pyridine rings is 1. The molecule has 0 bridgehead atoms. The second-order valence-electron chi connectivity index (χ2n) is 9.39. The van der Waals surface area contributed by atoms with E-state index in [4.69, 9.17) is 4.98 Å². The third-order valence-corrected chi connectivity index (χ3v) is 6.15. The minimum atomic E-state index is 0.615. The molecule has 0 N–H and O–H groups in total. The number of benzene rings is 3. The molecule has 0 atom stereocenters. The molecule has 0 saturated heterocycles. The molecule has 0 spiro atoms. The van der Waals surface area contributed by atoms with Crippen LogP contribution in [0.15, 0.2) is 97.1 Å². The number of hydrogen-bond acceptors (Lipinski definition) is 4. The molecule has 0 aliphatic rings. The zero-order valence-electron chi connectivity index (χ0n) is 22.3. The van der Waals surface area contributed by atoms with Crippen LogP contribution in [-0.4, -0.2) is 33.2 Å². The van der Waals surface area contributed by atoms with Crippen LogP contribution >= 0.6 is 0 Å². The number of nitrogens with zero attached hydrogens (tertiary/aromatic N) is 4. The Hall–Kier alpha value is -4.88. The monoisotopic (exact) mass is 496 g/mol. The number of hydrogen-bond donors (Lipinski definition) is 0. The summed E-state index contributed by atoms with van der Waals surface area (Å²) in [5.74, 6) is 0. The van der Waals surface area contributed by atoms with Crippen LogP contribution in [0.25, 0.3) is 35.2 Å². The molecule has 0 aliphatic heterocycles. The molecule has 4 aromatic rings. The van der Waals surface area contributed by atoms with E-state index in [1.54, 1.807) is 0 Å². The van der Waals surface area contributed by atoms with Gasteiger partial charge in [0.15, 0.2) is 0 Å². The van der Waals surface area contributed by atoms with Crippen molar-refractivity contribution in [3.8, 4) is 6.07 Å². The zero-order valence-corrected chi connectivity index (χ0v) is 22.3. The van der Waals surface area contributed by atoms with Crippen molar-refractivity contribution in [2.45, 2.75) is 0 Å². The second kappa shape index (κ2) is 12.4. The smallest absolute Gasteiger partial charge is 0.0999 e. The number of allylic oxidation sites excluding steroid dienone is 4. The quantitative estimate of drug-likeness (QED) is 0.235. The molecule has 1 aromatic heterocycles. The molecule has 0 fully saturated rings. The maximum Gasteiger partial charge on any atom is 0.0999 e. The zero-order chi connectivity index (χ0) is 26.9. The Balaban J connectivity index is 1.45. The van der Waals surface area contributed by atoms with Crippen LogP contribution in [0, 0.1) is 11.3 Å². The summed E-state index contributed by atoms with van der Waals surface area (Å²) in [5, 5.41) is 10.6. The summed E-state index contributed by atoms with van der Waals surface area (Å²) in [6, 6.07) is 27.0. The summed E-state index contributed by atoms with van der Waals surface area (Å²) in [7, 11) is 8.13. The van der Waals surface area contributed by atoms with E-state index in [-0.39, 0.29) is 0 Å². The van der Waals surface area contributed by atoms with Gasteiger partial charge in [0.1, 0.15) is 0 Å². The lowest BCUT2D eigenvalue weighted by Gasteiger charge is -2.11. The van der Waals surface area contributed by atoms with Crippen LogP contribution in [0.3, 0.4) is 0 Å². The van der Waals surface area contributed by atoms with Crippen LogP contribution in [-0.2, 0) is 0 Å². The van der Waals surface area contributed by atoms with Gasteiger partial charge in [-0.25, -0.2) is 4.98 Å². The Morgan fingerprint density at radius 3 is 1.58 bits per heavy atom. The lowest BCUT2D eigenvalue weighted by atomic mass is 10.0. The van der Waals surface area contributed by atoms with Gasteiger partial charge in [-0.2, -0.15) is 5.26 Å². The molecule has 0 saturated carbocycles. The highest BCUT2D eigenvalue weighted by atomic mass is 15.1. The van der Waals surface area contributed by atoms with Crippen molar-refractivity contribution < 1.29 is 0 Å². The Kier molecular flexibility index (Phi) is 8.53. The molecule has 4 nitrogen and oxygen atoms in total. The van der Waals surface area contributed by atoms with Crippen LogP contribution in [0.2, 0.25) is 0 Å². The molecule has 0 unspecified atom stereocenters. The molecule has 4 rings (SSSR count). The van der Waals surface area contributed by atoms with Gasteiger partial charge in [-0.05, 0) is 65.2 Å². The largest absolute Gasteiger partial charge is 0.378 e. The molecule has 4 heteroatoms. The summed E-state index contributed by atoms with van der Waals surface area (Å²) >= 11 is 0. The van der Waals surface area contributed by atoms with Crippen molar-refractivity contribution in [3.05, 3.63) is 125 Å². The topological polar surface area (TPSA) is 43.2 Å². The van der Waals surface area contributed by atoms with Crippen molar-refractivity contribution >= 4 is 46.6 Å². The first kappa shape index (κ1) is 26.2. The fourth-order valence-corrected chi connectivity index (χ4v) is 3.97. The maximum absolute atomic E-state index is 9.78. The Bertz CT molecular complexity index is 1550. The predicted octanol–water partition coefficient (Wildman–Crippen LogP) is 7.69. The highest BCUT2D eigenvalue weighted by Gasteiger charge is 2.05. The Morgan fingerprint density at radius 1 is 0.605 bits per heavy atom. The number of aromatic nitrogens is 1. The highest BCUT2D eigenvalue weighted by Crippen LogP contribution is 2.22. The normalized spacial score (nSPS) is 11.8. The van der Waals surface area contributed by atoms with Crippen molar-refractivity contribution in [2.24, 2.45) is 0 Å². The molecule has 0 aliphatic carbocycles. The van der Waals surface area contributed by atoms with Gasteiger partial charge in [0, 0.05) is 45.0 Å². The summed E-state index contributed by atoms with van der Waals surface area (Å²) in [4.78, 5) is 8.90. The van der Waals surface area contributed by atoms with Gasteiger partial charge in [-0.15, -0.1) is 0 Å². The molecule has 0 radical (unpaired) electrons. The molecule has 3 aromatic carbocycles. The summed E-state index contributed by atoms with van der Waals surface area (Å²) in [5.41, 5.74) is 7.82. The van der Waals surface area contributed by atoms with Crippen LogP contribution in [0.1, 0.15) is 27.9 Å². The fourth-order valence-electron chi connectivity index (χ4n) is 3.97.